The highest BCUT2D eigenvalue weighted by atomic mass is 19.4. The second kappa shape index (κ2) is 8.85. The summed E-state index contributed by atoms with van der Waals surface area (Å²) < 4.78 is 40.5. The van der Waals surface area contributed by atoms with Crippen molar-refractivity contribution in [2.24, 2.45) is 0 Å². The van der Waals surface area contributed by atoms with Crippen molar-refractivity contribution in [1.82, 2.24) is 10.2 Å². The number of hydrogen-bond acceptors (Lipinski definition) is 3. The Morgan fingerprint density at radius 2 is 2.05 bits per heavy atom. The molecule has 1 unspecified atom stereocenters. The molecule has 0 amide bonds. The molecule has 0 aromatic carbocycles. The van der Waals surface area contributed by atoms with Crippen LogP contribution < -0.4 is 5.32 Å². The SMILES string of the molecule is CC(C)NCC1CCCCN1CCCOCC(F)(F)F. The van der Waals surface area contributed by atoms with Crippen molar-refractivity contribution in [1.29, 1.82) is 0 Å². The molecule has 0 spiro atoms. The first kappa shape index (κ1) is 17.7. The topological polar surface area (TPSA) is 24.5 Å². The molecule has 0 radical (unpaired) electrons. The van der Waals surface area contributed by atoms with E-state index in [-0.39, 0.29) is 6.61 Å². The van der Waals surface area contributed by atoms with Gasteiger partial charge in [0.1, 0.15) is 6.61 Å². The third-order valence-corrected chi connectivity index (χ3v) is 3.51. The Bertz CT molecular complexity index is 259. The highest BCUT2D eigenvalue weighted by Gasteiger charge is 2.27. The van der Waals surface area contributed by atoms with Crippen LogP contribution in [0.2, 0.25) is 0 Å². The van der Waals surface area contributed by atoms with Gasteiger partial charge in [-0.3, -0.25) is 4.90 Å². The van der Waals surface area contributed by atoms with Gasteiger partial charge < -0.3 is 10.1 Å². The van der Waals surface area contributed by atoms with Crippen molar-refractivity contribution in [3.05, 3.63) is 0 Å². The summed E-state index contributed by atoms with van der Waals surface area (Å²) in [4.78, 5) is 2.38. The molecule has 1 rings (SSSR count). The van der Waals surface area contributed by atoms with E-state index in [0.29, 0.717) is 18.5 Å². The number of alkyl halides is 3. The minimum atomic E-state index is -4.21. The monoisotopic (exact) mass is 296 g/mol. The van der Waals surface area contributed by atoms with E-state index in [4.69, 9.17) is 0 Å². The van der Waals surface area contributed by atoms with Crippen molar-refractivity contribution >= 4 is 0 Å². The molecule has 1 N–H and O–H groups in total. The summed E-state index contributed by atoms with van der Waals surface area (Å²) in [5.74, 6) is 0. The largest absolute Gasteiger partial charge is 0.411 e. The number of hydrogen-bond donors (Lipinski definition) is 1. The van der Waals surface area contributed by atoms with Crippen LogP contribution in [0.15, 0.2) is 0 Å². The summed E-state index contributed by atoms with van der Waals surface area (Å²) in [6, 6.07) is 0.975. The first-order chi connectivity index (χ1) is 9.38. The maximum absolute atomic E-state index is 11.9. The molecule has 1 aliphatic heterocycles. The van der Waals surface area contributed by atoms with Gasteiger partial charge in [-0.2, -0.15) is 13.2 Å². The number of likely N-dealkylation sites (tertiary alicyclic amines) is 1. The Morgan fingerprint density at radius 1 is 1.30 bits per heavy atom. The van der Waals surface area contributed by atoms with E-state index in [1.807, 2.05) is 0 Å². The summed E-state index contributed by atoms with van der Waals surface area (Å²) in [5.41, 5.74) is 0. The number of nitrogens with zero attached hydrogens (tertiary/aromatic N) is 1. The smallest absolute Gasteiger partial charge is 0.372 e. The Kier molecular flexibility index (Phi) is 7.84. The molecule has 120 valence electrons. The van der Waals surface area contributed by atoms with Crippen LogP contribution in [0.5, 0.6) is 0 Å². The summed E-state index contributed by atoms with van der Waals surface area (Å²) in [7, 11) is 0. The molecule has 0 aromatic heterocycles. The summed E-state index contributed by atoms with van der Waals surface area (Å²) >= 11 is 0. The maximum Gasteiger partial charge on any atom is 0.411 e. The molecule has 1 saturated heterocycles. The van der Waals surface area contributed by atoms with E-state index in [9.17, 15) is 13.2 Å². The van der Waals surface area contributed by atoms with Crippen molar-refractivity contribution in [2.75, 3.05) is 32.8 Å². The maximum atomic E-state index is 11.9. The van der Waals surface area contributed by atoms with Crippen molar-refractivity contribution < 1.29 is 17.9 Å². The van der Waals surface area contributed by atoms with Gasteiger partial charge in [0, 0.05) is 31.8 Å². The Hall–Kier alpha value is -0.330. The number of nitrogens with one attached hydrogen (secondary N) is 1. The second-order valence-electron chi connectivity index (χ2n) is 5.77. The Morgan fingerprint density at radius 3 is 2.70 bits per heavy atom. The fourth-order valence-corrected chi connectivity index (χ4v) is 2.51. The van der Waals surface area contributed by atoms with Crippen LogP contribution in [0.4, 0.5) is 13.2 Å². The zero-order chi connectivity index (χ0) is 15.0. The molecular weight excluding hydrogens is 269 g/mol. The van der Waals surface area contributed by atoms with Crippen LogP contribution in [-0.4, -0.2) is 56.0 Å². The van der Waals surface area contributed by atoms with Gasteiger partial charge >= 0.3 is 6.18 Å². The normalized spacial score (nSPS) is 21.6. The van der Waals surface area contributed by atoms with E-state index in [1.165, 1.54) is 19.3 Å². The lowest BCUT2D eigenvalue weighted by molar-refractivity contribution is -0.174. The lowest BCUT2D eigenvalue weighted by atomic mass is 10.0. The van der Waals surface area contributed by atoms with Gasteiger partial charge in [0.05, 0.1) is 0 Å². The second-order valence-corrected chi connectivity index (χ2v) is 5.77. The van der Waals surface area contributed by atoms with Gasteiger partial charge in [-0.05, 0) is 25.8 Å². The molecular formula is C14H27F3N2O. The molecule has 6 heteroatoms. The molecule has 0 bridgehead atoms. The van der Waals surface area contributed by atoms with E-state index in [1.54, 1.807) is 0 Å². The van der Waals surface area contributed by atoms with Crippen LogP contribution in [0.1, 0.15) is 39.5 Å². The van der Waals surface area contributed by atoms with Gasteiger partial charge in [0.25, 0.3) is 0 Å². The lowest BCUT2D eigenvalue weighted by Gasteiger charge is -2.36. The molecule has 20 heavy (non-hydrogen) atoms. The van der Waals surface area contributed by atoms with E-state index in [2.05, 4.69) is 28.8 Å². The van der Waals surface area contributed by atoms with Crippen LogP contribution >= 0.6 is 0 Å². The van der Waals surface area contributed by atoms with Crippen LogP contribution in [0, 0.1) is 0 Å². The molecule has 0 aromatic rings. The zero-order valence-electron chi connectivity index (χ0n) is 12.5. The van der Waals surface area contributed by atoms with Gasteiger partial charge in [0.15, 0.2) is 0 Å². The van der Waals surface area contributed by atoms with Crippen molar-refractivity contribution in [3.63, 3.8) is 0 Å². The Labute approximate surface area is 119 Å². The number of halogens is 3. The van der Waals surface area contributed by atoms with Crippen LogP contribution in [0.3, 0.4) is 0 Å². The third-order valence-electron chi connectivity index (χ3n) is 3.51. The zero-order valence-corrected chi connectivity index (χ0v) is 12.5. The fourth-order valence-electron chi connectivity index (χ4n) is 2.51. The molecule has 1 heterocycles. The molecule has 1 fully saturated rings. The van der Waals surface area contributed by atoms with Gasteiger partial charge in [-0.15, -0.1) is 0 Å². The number of piperidine rings is 1. The molecule has 0 saturated carbocycles. The standard InChI is InChI=1S/C14H27F3N2O/c1-12(2)18-10-13-6-3-4-7-19(13)8-5-9-20-11-14(15,16)17/h12-13,18H,3-11H2,1-2H3. The fraction of sp³-hybridized carbons (Fsp3) is 1.00. The lowest BCUT2D eigenvalue weighted by Crippen LogP contribution is -2.47. The molecule has 3 nitrogen and oxygen atoms in total. The van der Waals surface area contributed by atoms with Crippen molar-refractivity contribution in [3.8, 4) is 0 Å². The molecule has 1 aliphatic rings. The van der Waals surface area contributed by atoms with Crippen LogP contribution in [0.25, 0.3) is 0 Å². The van der Waals surface area contributed by atoms with Gasteiger partial charge in [-0.25, -0.2) is 0 Å². The van der Waals surface area contributed by atoms with Crippen molar-refractivity contribution in [2.45, 2.75) is 57.8 Å². The molecule has 0 aliphatic carbocycles. The first-order valence-electron chi connectivity index (χ1n) is 7.50. The highest BCUT2D eigenvalue weighted by Crippen LogP contribution is 2.17. The van der Waals surface area contributed by atoms with E-state index >= 15 is 0 Å². The average molecular weight is 296 g/mol. The van der Waals surface area contributed by atoms with Gasteiger partial charge in [0.2, 0.25) is 0 Å². The summed E-state index contributed by atoms with van der Waals surface area (Å²) in [6.45, 7) is 6.12. The average Bonchev–Trinajstić information content (AvgIpc) is 2.35. The minimum Gasteiger partial charge on any atom is -0.372 e. The number of rotatable bonds is 8. The predicted octanol–water partition coefficient (Wildman–Crippen LogP) is 2.81. The minimum absolute atomic E-state index is 0.181. The molecule has 1 atom stereocenters. The summed E-state index contributed by atoms with van der Waals surface area (Å²) in [6.07, 6.45) is 0.0410. The van der Waals surface area contributed by atoms with Gasteiger partial charge in [-0.1, -0.05) is 20.3 Å². The number of ether oxygens (including phenoxy) is 1. The predicted molar refractivity (Wildman–Crippen MR) is 73.8 cm³/mol. The van der Waals surface area contributed by atoms with E-state index in [0.717, 1.165) is 19.6 Å². The van der Waals surface area contributed by atoms with Crippen LogP contribution in [-0.2, 0) is 4.74 Å². The first-order valence-corrected chi connectivity index (χ1v) is 7.50. The third kappa shape index (κ3) is 8.07. The Balaban J connectivity index is 2.18. The van der Waals surface area contributed by atoms with E-state index < -0.39 is 12.8 Å². The quantitative estimate of drug-likeness (QED) is 0.697. The summed E-state index contributed by atoms with van der Waals surface area (Å²) in [5, 5.41) is 3.44. The highest BCUT2D eigenvalue weighted by molar-refractivity contribution is 4.79.